The molecular formula is C24H32N6O. The molecule has 2 saturated heterocycles. The molecule has 3 heterocycles. The summed E-state index contributed by atoms with van der Waals surface area (Å²) in [5.74, 6) is 1.11. The topological polar surface area (TPSA) is 93.1 Å². The van der Waals surface area contributed by atoms with Crippen LogP contribution >= 0.6 is 0 Å². The van der Waals surface area contributed by atoms with Crippen LogP contribution in [0.3, 0.4) is 0 Å². The van der Waals surface area contributed by atoms with E-state index in [-0.39, 0.29) is 17.7 Å². The smallest absolute Gasteiger partial charge is 0.270 e. The van der Waals surface area contributed by atoms with Gasteiger partial charge < -0.3 is 20.9 Å². The predicted octanol–water partition coefficient (Wildman–Crippen LogP) is 3.44. The zero-order valence-electron chi connectivity index (χ0n) is 18.0. The van der Waals surface area contributed by atoms with Crippen LogP contribution in [0.25, 0.3) is 0 Å². The van der Waals surface area contributed by atoms with Crippen molar-refractivity contribution in [1.82, 2.24) is 15.6 Å². The van der Waals surface area contributed by atoms with Crippen LogP contribution in [0.5, 0.6) is 0 Å². The molecule has 0 aliphatic carbocycles. The van der Waals surface area contributed by atoms with Gasteiger partial charge in [0, 0.05) is 30.4 Å². The van der Waals surface area contributed by atoms with Gasteiger partial charge in [0.15, 0.2) is 0 Å². The highest BCUT2D eigenvalue weighted by Gasteiger charge is 2.22. The summed E-state index contributed by atoms with van der Waals surface area (Å²) in [5.41, 5.74) is 1.36. The number of para-hydroxylation sites is 1. The molecule has 4 N–H and O–H groups in total. The van der Waals surface area contributed by atoms with Crippen molar-refractivity contribution in [3.63, 3.8) is 0 Å². The molecule has 164 valence electrons. The molecule has 1 amide bonds. The summed E-state index contributed by atoms with van der Waals surface area (Å²) in [7, 11) is 0. The van der Waals surface area contributed by atoms with E-state index >= 15 is 0 Å². The maximum absolute atomic E-state index is 12.8. The van der Waals surface area contributed by atoms with Crippen LogP contribution in [0.1, 0.15) is 44.1 Å². The van der Waals surface area contributed by atoms with Gasteiger partial charge >= 0.3 is 0 Å². The number of nitrogens with one attached hydrogen (secondary N) is 4. The Morgan fingerprint density at radius 2 is 1.71 bits per heavy atom. The fourth-order valence-electron chi connectivity index (χ4n) is 4.23. The Labute approximate surface area is 184 Å². The Morgan fingerprint density at radius 3 is 2.42 bits per heavy atom. The van der Waals surface area contributed by atoms with Gasteiger partial charge in [-0.05, 0) is 63.0 Å². The molecule has 2 aliphatic rings. The summed E-state index contributed by atoms with van der Waals surface area (Å²) in [6.07, 6.45) is 6.62. The largest absolute Gasteiger partial charge is 0.357 e. The summed E-state index contributed by atoms with van der Waals surface area (Å²) in [5, 5.41) is 18.3. The van der Waals surface area contributed by atoms with Gasteiger partial charge in [0.05, 0.1) is 0 Å². The normalized spacial score (nSPS) is 17.6. The summed E-state index contributed by atoms with van der Waals surface area (Å²) < 4.78 is 0. The third kappa shape index (κ3) is 5.61. The van der Waals surface area contributed by atoms with Gasteiger partial charge in [-0.1, -0.05) is 31.0 Å². The zero-order chi connectivity index (χ0) is 21.5. The van der Waals surface area contributed by atoms with Crippen LogP contribution in [-0.4, -0.2) is 48.8 Å². The molecule has 0 unspecified atom stereocenters. The zero-order valence-corrected chi connectivity index (χ0v) is 18.0. The quantitative estimate of drug-likeness (QED) is 0.537. The number of benzene rings is 1. The van der Waals surface area contributed by atoms with Crippen LogP contribution in [0.4, 0.5) is 17.3 Å². The maximum atomic E-state index is 12.8. The predicted molar refractivity (Wildman–Crippen MR) is 126 cm³/mol. The van der Waals surface area contributed by atoms with Crippen LogP contribution < -0.4 is 20.9 Å². The van der Waals surface area contributed by atoms with Crippen LogP contribution in [0, 0.1) is 5.41 Å². The number of nitrogens with zero attached hydrogens (tertiary/aromatic N) is 2. The van der Waals surface area contributed by atoms with Gasteiger partial charge in [-0.3, -0.25) is 10.2 Å². The highest BCUT2D eigenvalue weighted by molar-refractivity contribution is 6.45. The molecule has 2 aromatic rings. The molecule has 0 bridgehead atoms. The Balaban J connectivity index is 1.58. The van der Waals surface area contributed by atoms with Crippen molar-refractivity contribution in [3.05, 3.63) is 48.0 Å². The molecule has 2 fully saturated rings. The molecular weight excluding hydrogens is 388 g/mol. The number of pyridine rings is 1. The summed E-state index contributed by atoms with van der Waals surface area (Å²) in [6, 6.07) is 13.7. The van der Waals surface area contributed by atoms with E-state index in [0.29, 0.717) is 11.4 Å². The van der Waals surface area contributed by atoms with Crippen LogP contribution in [-0.2, 0) is 4.79 Å². The summed E-state index contributed by atoms with van der Waals surface area (Å²) in [4.78, 5) is 20.0. The van der Waals surface area contributed by atoms with E-state index in [0.717, 1.165) is 50.5 Å². The number of anilines is 3. The Hall–Kier alpha value is -2.93. The van der Waals surface area contributed by atoms with Gasteiger partial charge in [-0.25, -0.2) is 4.98 Å². The minimum Gasteiger partial charge on any atom is -0.357 e. The molecule has 7 heteroatoms. The minimum atomic E-state index is -0.340. The van der Waals surface area contributed by atoms with E-state index in [2.05, 4.69) is 20.9 Å². The van der Waals surface area contributed by atoms with E-state index in [1.807, 2.05) is 42.5 Å². The third-order valence-corrected chi connectivity index (χ3v) is 6.02. The van der Waals surface area contributed by atoms with E-state index in [9.17, 15) is 4.79 Å². The lowest BCUT2D eigenvalue weighted by Crippen LogP contribution is -2.45. The SMILES string of the molecule is N=C(C(=O)NC1CCNCC1)c1ccc(N2CCCCCC2)nc1Nc1ccccc1. The molecule has 0 spiro atoms. The van der Waals surface area contributed by atoms with Crippen molar-refractivity contribution >= 4 is 28.9 Å². The average molecular weight is 421 g/mol. The Morgan fingerprint density at radius 1 is 1.00 bits per heavy atom. The molecule has 0 saturated carbocycles. The fraction of sp³-hybridized carbons (Fsp3) is 0.458. The number of amides is 1. The van der Waals surface area contributed by atoms with Gasteiger partial charge in [-0.15, -0.1) is 0 Å². The average Bonchev–Trinajstić information content (AvgIpc) is 3.10. The Kier molecular flexibility index (Phi) is 7.14. The standard InChI is InChI=1S/C24H32N6O/c25-22(24(31)28-19-12-14-26-15-13-19)20-10-11-21(30-16-6-1-2-7-17-30)29-23(20)27-18-8-4-3-5-9-18/h3-5,8-11,19,25-26H,1-2,6-7,12-17H2,(H,27,29)(H,28,31). The minimum absolute atomic E-state index is 0.0492. The van der Waals surface area contributed by atoms with E-state index < -0.39 is 0 Å². The second kappa shape index (κ2) is 10.4. The first-order valence-corrected chi connectivity index (χ1v) is 11.4. The maximum Gasteiger partial charge on any atom is 0.270 e. The van der Waals surface area contributed by atoms with E-state index in [4.69, 9.17) is 10.4 Å². The van der Waals surface area contributed by atoms with Gasteiger partial charge in [0.1, 0.15) is 17.3 Å². The number of hydrogen-bond donors (Lipinski definition) is 4. The summed E-state index contributed by atoms with van der Waals surface area (Å²) in [6.45, 7) is 3.77. The number of rotatable bonds is 6. The van der Waals surface area contributed by atoms with Gasteiger partial charge in [-0.2, -0.15) is 0 Å². The molecule has 1 aromatic carbocycles. The monoisotopic (exact) mass is 420 g/mol. The number of carbonyl (C=O) groups excluding carboxylic acids is 1. The number of aromatic nitrogens is 1. The summed E-state index contributed by atoms with van der Waals surface area (Å²) >= 11 is 0. The lowest BCUT2D eigenvalue weighted by atomic mass is 10.1. The second-order valence-corrected chi connectivity index (χ2v) is 8.33. The van der Waals surface area contributed by atoms with E-state index in [1.165, 1.54) is 25.7 Å². The first kappa shape index (κ1) is 21.3. The Bertz CT molecular complexity index is 886. The lowest BCUT2D eigenvalue weighted by molar-refractivity contribution is -0.115. The van der Waals surface area contributed by atoms with Crippen LogP contribution in [0.2, 0.25) is 0 Å². The van der Waals surface area contributed by atoms with Crippen LogP contribution in [0.15, 0.2) is 42.5 Å². The number of piperidine rings is 1. The van der Waals surface area contributed by atoms with Gasteiger partial charge in [0.25, 0.3) is 5.91 Å². The van der Waals surface area contributed by atoms with Crippen molar-refractivity contribution in [2.45, 2.75) is 44.6 Å². The molecule has 4 rings (SSSR count). The third-order valence-electron chi connectivity index (χ3n) is 6.02. The molecule has 7 nitrogen and oxygen atoms in total. The van der Waals surface area contributed by atoms with Crippen molar-refractivity contribution in [1.29, 1.82) is 5.41 Å². The van der Waals surface area contributed by atoms with Crippen molar-refractivity contribution < 1.29 is 4.79 Å². The number of carbonyl (C=O) groups is 1. The van der Waals surface area contributed by atoms with Crippen molar-refractivity contribution in [2.75, 3.05) is 36.4 Å². The fourth-order valence-corrected chi connectivity index (χ4v) is 4.23. The van der Waals surface area contributed by atoms with Gasteiger partial charge in [0.2, 0.25) is 0 Å². The molecule has 0 atom stereocenters. The second-order valence-electron chi connectivity index (χ2n) is 8.33. The first-order chi connectivity index (χ1) is 15.2. The van der Waals surface area contributed by atoms with Crippen molar-refractivity contribution in [3.8, 4) is 0 Å². The molecule has 0 radical (unpaired) electrons. The first-order valence-electron chi connectivity index (χ1n) is 11.4. The van der Waals surface area contributed by atoms with Crippen molar-refractivity contribution in [2.24, 2.45) is 0 Å². The molecule has 1 aromatic heterocycles. The molecule has 31 heavy (non-hydrogen) atoms. The molecule has 2 aliphatic heterocycles. The highest BCUT2D eigenvalue weighted by atomic mass is 16.1. The lowest BCUT2D eigenvalue weighted by Gasteiger charge is -2.25. The van der Waals surface area contributed by atoms with E-state index in [1.54, 1.807) is 0 Å². The highest BCUT2D eigenvalue weighted by Crippen LogP contribution is 2.25. The number of hydrogen-bond acceptors (Lipinski definition) is 6.